The quantitative estimate of drug-likeness (QED) is 0.138. The zero-order valence-electron chi connectivity index (χ0n) is 31.1. The predicted octanol–water partition coefficient (Wildman–Crippen LogP) is 0.988. The van der Waals surface area contributed by atoms with Crippen molar-refractivity contribution in [2.45, 2.75) is 69.1 Å². The molecular weight excluding hydrogens is 631 g/mol. The van der Waals surface area contributed by atoms with Crippen LogP contribution in [-0.2, 0) is 27.1 Å². The second-order valence-electron chi connectivity index (χ2n) is 10.9. The lowest BCUT2D eigenvalue weighted by Crippen LogP contribution is -2.60. The topological polar surface area (TPSA) is 193 Å². The Balaban J connectivity index is 1.45. The molecule has 0 spiro atoms. The molecule has 0 bridgehead atoms. The Bertz CT molecular complexity index is 1640. The molecule has 13 nitrogen and oxygen atoms in total. The number of hydrogen-bond donors (Lipinski definition) is 6. The molecule has 2 aromatic carbocycles. The van der Waals surface area contributed by atoms with Gasteiger partial charge in [0.1, 0.15) is 24.9 Å². The minimum atomic E-state index is -4.52. The number of halogens is 3. The number of nitrogens with two attached hydrogens (primary N) is 1. The number of aliphatic hydroxyl groups excluding tert-OH is 3. The fourth-order valence-corrected chi connectivity index (χ4v) is 5.10. The van der Waals surface area contributed by atoms with E-state index in [0.717, 1.165) is 4.90 Å². The first-order valence-corrected chi connectivity index (χ1v) is 14.5. The fraction of sp³-hybridized carbons (Fsp3) is 0.548. The van der Waals surface area contributed by atoms with Crippen molar-refractivity contribution < 1.29 is 70.4 Å². The molecule has 47 heavy (non-hydrogen) atoms. The number of fused-ring (bicyclic) bond motifs is 1. The number of alkyl halides is 3. The van der Waals surface area contributed by atoms with E-state index in [4.69, 9.17) is 32.9 Å². The fourth-order valence-electron chi connectivity index (χ4n) is 5.10. The van der Waals surface area contributed by atoms with Crippen LogP contribution in [-0.4, -0.2) is 115 Å². The zero-order valence-corrected chi connectivity index (χ0v) is 25.1. The lowest BCUT2D eigenvalue weighted by molar-refractivity contribution is -0.294. The first kappa shape index (κ1) is 28.4. The second-order valence-corrected chi connectivity index (χ2v) is 10.9. The highest BCUT2D eigenvalue weighted by molar-refractivity contribution is 6.00. The van der Waals surface area contributed by atoms with Crippen molar-refractivity contribution >= 4 is 17.6 Å². The highest BCUT2D eigenvalue weighted by Gasteiger charge is 2.47. The third-order valence-corrected chi connectivity index (χ3v) is 7.25. The van der Waals surface area contributed by atoms with Gasteiger partial charge in [0.25, 0.3) is 5.91 Å². The van der Waals surface area contributed by atoms with Crippen molar-refractivity contribution in [2.75, 3.05) is 44.3 Å². The van der Waals surface area contributed by atoms with Crippen molar-refractivity contribution in [1.29, 1.82) is 0 Å². The average Bonchev–Trinajstić information content (AvgIpc) is 3.50. The van der Waals surface area contributed by atoms with Crippen LogP contribution in [0.4, 0.5) is 18.9 Å². The summed E-state index contributed by atoms with van der Waals surface area (Å²) in [5.41, 5.74) is 6.39. The van der Waals surface area contributed by atoms with Crippen LogP contribution in [0.5, 0.6) is 11.5 Å². The molecule has 0 radical (unpaired) electrons. The van der Waals surface area contributed by atoms with Crippen molar-refractivity contribution in [1.82, 2.24) is 5.32 Å². The van der Waals surface area contributed by atoms with E-state index in [0.29, 0.717) is 17.5 Å². The number of carboxylic acid groups (broad SMARTS) is 1. The van der Waals surface area contributed by atoms with E-state index >= 15 is 0 Å². The lowest BCUT2D eigenvalue weighted by Gasteiger charge is -2.38. The van der Waals surface area contributed by atoms with E-state index in [9.17, 15) is 43.2 Å². The largest absolute Gasteiger partial charge is 0.488 e. The molecule has 1 amide bonds. The summed E-state index contributed by atoms with van der Waals surface area (Å²) in [5, 5.41) is 42.7. The number of aliphatic carboxylic acids is 1. The molecule has 0 aliphatic carbocycles. The maximum atomic E-state index is 12.7. The van der Waals surface area contributed by atoms with Gasteiger partial charge in [-0.1, -0.05) is 18.2 Å². The maximum absolute atomic E-state index is 12.7. The number of primary amides is 1. The molecule has 0 unspecified atom stereocenters. The number of hydrogen-bond acceptors (Lipinski definition) is 11. The highest BCUT2D eigenvalue weighted by atomic mass is 19.4. The number of nitrogens with one attached hydrogen (secondary N) is 1. The molecule has 2 aromatic rings. The van der Waals surface area contributed by atoms with Crippen molar-refractivity contribution in [2.24, 2.45) is 5.73 Å². The molecule has 0 saturated carbocycles. The maximum Gasteiger partial charge on any atom is 0.422 e. The molecule has 0 aromatic heterocycles. The van der Waals surface area contributed by atoms with E-state index in [1.807, 2.05) is 6.92 Å². The van der Waals surface area contributed by atoms with Gasteiger partial charge in [0.05, 0.1) is 20.6 Å². The minimum absolute atomic E-state index is 0.0607. The molecule has 1 saturated heterocycles. The summed E-state index contributed by atoms with van der Waals surface area (Å²) in [6.45, 7) is -6.58. The Kier molecular flexibility index (Phi) is 9.62. The summed E-state index contributed by atoms with van der Waals surface area (Å²) in [6, 6.07) is 8.69. The van der Waals surface area contributed by atoms with Gasteiger partial charge in [-0.05, 0) is 55.5 Å². The smallest absolute Gasteiger partial charge is 0.422 e. The van der Waals surface area contributed by atoms with Crippen LogP contribution >= 0.6 is 0 Å². The van der Waals surface area contributed by atoms with Gasteiger partial charge in [-0.15, -0.1) is 0 Å². The van der Waals surface area contributed by atoms with Crippen LogP contribution in [0.1, 0.15) is 43.0 Å². The SMILES string of the molecule is [2H]C([2H])(O[C@@H]1O[C@H](C(=O)O)[C@@H](O)[C@H](O)[C@H]1O)C([2H])([2H])C([2H])([2H])N1CCc2cc(C[C@@H](C)NCCOc3ccccc3OCC(F)(F)F)cc(C(N)=O)c21. The monoisotopic (exact) mass is 677 g/mol. The van der Waals surface area contributed by atoms with E-state index in [1.54, 1.807) is 12.1 Å². The van der Waals surface area contributed by atoms with Crippen LogP contribution in [0.2, 0.25) is 0 Å². The third-order valence-electron chi connectivity index (χ3n) is 7.25. The number of para-hydroxylation sites is 2. The molecule has 16 heteroatoms. The van der Waals surface area contributed by atoms with E-state index in [1.165, 1.54) is 24.3 Å². The number of aliphatic hydroxyl groups is 3. The van der Waals surface area contributed by atoms with E-state index in [-0.39, 0.29) is 54.9 Å². The van der Waals surface area contributed by atoms with E-state index in [2.05, 4.69) is 5.32 Å². The summed E-state index contributed by atoms with van der Waals surface area (Å²) in [4.78, 5) is 25.0. The number of anilines is 1. The summed E-state index contributed by atoms with van der Waals surface area (Å²) < 4.78 is 109. The molecule has 260 valence electrons. The van der Waals surface area contributed by atoms with Crippen LogP contribution in [0, 0.1) is 0 Å². The number of nitrogens with zero attached hydrogens (tertiary/aromatic N) is 1. The number of rotatable bonds is 16. The second kappa shape index (κ2) is 16.0. The Morgan fingerprint density at radius 1 is 1.15 bits per heavy atom. The van der Waals surface area contributed by atoms with Crippen molar-refractivity contribution in [3.8, 4) is 11.5 Å². The van der Waals surface area contributed by atoms with Crippen LogP contribution < -0.4 is 25.4 Å². The normalized spacial score (nSPS) is 26.1. The number of ether oxygens (including phenoxy) is 4. The third kappa shape index (κ3) is 9.68. The number of benzene rings is 2. The van der Waals surface area contributed by atoms with Crippen LogP contribution in [0.3, 0.4) is 0 Å². The number of carbonyl (C=O) groups is 2. The van der Waals surface area contributed by atoms with Crippen LogP contribution in [0.25, 0.3) is 0 Å². The molecule has 2 heterocycles. The van der Waals surface area contributed by atoms with E-state index < -0.39 is 74.8 Å². The standard InChI is InChI=1S/C31H40F3N3O10/c1-17(36-8-12-44-21-5-2-3-6-22(21)46-16-31(32,33)34)13-18-14-19-7-10-37(23(19)20(15-18)28(35)41)9-4-11-45-30-26(40)24(38)25(39)27(47-30)29(42)43/h2-3,5-6,14-15,17,24-27,30,36,38-40H,4,7-13,16H2,1H3,(H2,35,41)(H,42,43)/t17-,24+,25+,26-,27+,30-/m1/s1/i4D2,9D2,11D2. The first-order valence-electron chi connectivity index (χ1n) is 17.5. The summed E-state index contributed by atoms with van der Waals surface area (Å²) in [7, 11) is 0. The molecule has 1 fully saturated rings. The van der Waals surface area contributed by atoms with Crippen molar-refractivity contribution in [3.63, 3.8) is 0 Å². The molecular formula is C31H40F3N3O10. The lowest BCUT2D eigenvalue weighted by atomic mass is 9.98. The molecule has 7 N–H and O–H groups in total. The van der Waals surface area contributed by atoms with Crippen LogP contribution in [0.15, 0.2) is 36.4 Å². The summed E-state index contributed by atoms with van der Waals surface area (Å²) >= 11 is 0. The van der Waals surface area contributed by atoms with Gasteiger partial charge in [0.15, 0.2) is 30.5 Å². The predicted molar refractivity (Wildman–Crippen MR) is 160 cm³/mol. The highest BCUT2D eigenvalue weighted by Crippen LogP contribution is 2.34. The Morgan fingerprint density at radius 2 is 1.85 bits per heavy atom. The molecule has 2 aliphatic rings. The Labute approximate surface area is 277 Å². The molecule has 4 rings (SSSR count). The minimum Gasteiger partial charge on any atom is -0.488 e. The summed E-state index contributed by atoms with van der Waals surface area (Å²) in [5.74, 6) is -2.75. The van der Waals surface area contributed by atoms with Gasteiger partial charge in [0, 0.05) is 31.1 Å². The van der Waals surface area contributed by atoms with Gasteiger partial charge >= 0.3 is 12.1 Å². The first-order chi connectivity index (χ1) is 24.5. The van der Waals surface area contributed by atoms with Gasteiger partial charge < -0.3 is 55.3 Å². The van der Waals surface area contributed by atoms with Gasteiger partial charge in [-0.2, -0.15) is 13.2 Å². The number of amides is 1. The average molecular weight is 678 g/mol. The Morgan fingerprint density at radius 3 is 2.51 bits per heavy atom. The number of carboxylic acids is 1. The van der Waals surface area contributed by atoms with Gasteiger partial charge in [-0.3, -0.25) is 4.79 Å². The molecule has 6 atom stereocenters. The van der Waals surface area contributed by atoms with Gasteiger partial charge in [-0.25, -0.2) is 4.79 Å². The Hall–Kier alpha value is -3.67. The summed E-state index contributed by atoms with van der Waals surface area (Å²) in [6.07, 6.45) is -18.9. The van der Waals surface area contributed by atoms with Crippen molar-refractivity contribution in [3.05, 3.63) is 53.1 Å². The number of carbonyl (C=O) groups excluding carboxylic acids is 1. The zero-order chi connectivity index (χ0) is 39.7. The van der Waals surface area contributed by atoms with Gasteiger partial charge in [0.2, 0.25) is 0 Å². The molecule has 2 aliphatic heterocycles.